The molecule has 0 aliphatic carbocycles. The Morgan fingerprint density at radius 2 is 2.05 bits per heavy atom. The smallest absolute Gasteiger partial charge is 0.343 e. The van der Waals surface area contributed by atoms with Crippen LogP contribution in [0.3, 0.4) is 0 Å². The number of hydrogen-bond acceptors (Lipinski definition) is 7. The number of carbonyl (C=O) groups is 2. The molecule has 1 aromatic heterocycles. The van der Waals surface area contributed by atoms with E-state index in [4.69, 9.17) is 15.2 Å². The molecule has 0 unspecified atom stereocenters. The molecule has 0 fully saturated rings. The summed E-state index contributed by atoms with van der Waals surface area (Å²) in [6.07, 6.45) is 1.13. The average Bonchev–Trinajstić information content (AvgIpc) is 2.80. The molecule has 0 aliphatic heterocycles. The van der Waals surface area contributed by atoms with Gasteiger partial charge in [-0.05, 0) is 13.3 Å². The third-order valence-corrected chi connectivity index (χ3v) is 4.01. The number of thiophene rings is 1. The summed E-state index contributed by atoms with van der Waals surface area (Å²) in [7, 11) is 1.63. The molecule has 0 saturated carbocycles. The summed E-state index contributed by atoms with van der Waals surface area (Å²) >= 11 is 1.20. The van der Waals surface area contributed by atoms with Crippen molar-refractivity contribution in [3.05, 3.63) is 10.4 Å². The van der Waals surface area contributed by atoms with Gasteiger partial charge < -0.3 is 20.5 Å². The van der Waals surface area contributed by atoms with Gasteiger partial charge in [0, 0.05) is 26.7 Å². The molecule has 1 rings (SSSR count). The van der Waals surface area contributed by atoms with Crippen molar-refractivity contribution in [1.29, 1.82) is 0 Å². The minimum Gasteiger partial charge on any atom is -0.462 e. The zero-order valence-corrected chi connectivity index (χ0v) is 13.5. The summed E-state index contributed by atoms with van der Waals surface area (Å²) in [5.74, 6) is -0.580. The Bertz CT molecular complexity index is 499. The molecule has 1 aromatic rings. The SMILES string of the molecule is CCOC(=O)c1c(NCCCOC)sc(C(=O)CC)c1N. The number of nitrogen functional groups attached to an aromatic ring is 1. The van der Waals surface area contributed by atoms with Crippen LogP contribution in [0.1, 0.15) is 46.7 Å². The van der Waals surface area contributed by atoms with Crippen LogP contribution in [-0.4, -0.2) is 38.6 Å². The molecule has 1 heterocycles. The van der Waals surface area contributed by atoms with Gasteiger partial charge in [-0.1, -0.05) is 6.92 Å². The van der Waals surface area contributed by atoms with E-state index in [1.807, 2.05) is 0 Å². The first-order valence-corrected chi connectivity index (χ1v) is 7.73. The summed E-state index contributed by atoms with van der Waals surface area (Å²) in [5, 5.41) is 3.72. The Morgan fingerprint density at radius 1 is 1.33 bits per heavy atom. The van der Waals surface area contributed by atoms with Gasteiger partial charge in [-0.3, -0.25) is 4.79 Å². The predicted molar refractivity (Wildman–Crippen MR) is 84.3 cm³/mol. The largest absolute Gasteiger partial charge is 0.462 e. The Balaban J connectivity index is 3.02. The average molecular weight is 314 g/mol. The van der Waals surface area contributed by atoms with E-state index >= 15 is 0 Å². The van der Waals surface area contributed by atoms with Crippen molar-refractivity contribution >= 4 is 33.8 Å². The van der Waals surface area contributed by atoms with Gasteiger partial charge in [0.15, 0.2) is 5.78 Å². The van der Waals surface area contributed by atoms with Crippen LogP contribution < -0.4 is 11.1 Å². The van der Waals surface area contributed by atoms with Crippen LogP contribution in [0.2, 0.25) is 0 Å². The first-order valence-electron chi connectivity index (χ1n) is 6.92. The van der Waals surface area contributed by atoms with E-state index in [0.717, 1.165) is 6.42 Å². The normalized spacial score (nSPS) is 10.4. The number of anilines is 2. The highest BCUT2D eigenvalue weighted by atomic mass is 32.1. The standard InChI is InChI=1S/C14H22N2O4S/c1-4-9(17)12-11(15)10(14(18)20-5-2)13(21-12)16-7-6-8-19-3/h16H,4-8,15H2,1-3H3. The van der Waals surface area contributed by atoms with Crippen molar-refractivity contribution in [3.8, 4) is 0 Å². The highest BCUT2D eigenvalue weighted by Crippen LogP contribution is 2.37. The fourth-order valence-corrected chi connectivity index (χ4v) is 2.90. The number of methoxy groups -OCH3 is 1. The van der Waals surface area contributed by atoms with Gasteiger partial charge in [0.05, 0.1) is 17.2 Å². The van der Waals surface area contributed by atoms with Crippen molar-refractivity contribution in [2.75, 3.05) is 37.9 Å². The lowest BCUT2D eigenvalue weighted by atomic mass is 10.2. The van der Waals surface area contributed by atoms with E-state index < -0.39 is 5.97 Å². The lowest BCUT2D eigenvalue weighted by Crippen LogP contribution is -2.11. The maximum absolute atomic E-state index is 12.0. The van der Waals surface area contributed by atoms with Crippen molar-refractivity contribution in [2.45, 2.75) is 26.7 Å². The Labute approximate surface area is 128 Å². The number of ether oxygens (including phenoxy) is 2. The molecule has 0 bridgehead atoms. The highest BCUT2D eigenvalue weighted by molar-refractivity contribution is 7.19. The van der Waals surface area contributed by atoms with Crippen LogP contribution in [0.15, 0.2) is 0 Å². The van der Waals surface area contributed by atoms with Crippen LogP contribution in [0.4, 0.5) is 10.7 Å². The number of rotatable bonds is 9. The maximum atomic E-state index is 12.0. The molecule has 0 aliphatic rings. The molecule has 0 amide bonds. The Morgan fingerprint density at radius 3 is 2.62 bits per heavy atom. The van der Waals surface area contributed by atoms with Crippen molar-refractivity contribution in [1.82, 2.24) is 0 Å². The molecule has 6 nitrogen and oxygen atoms in total. The lowest BCUT2D eigenvalue weighted by molar-refractivity contribution is 0.0529. The first kappa shape index (κ1) is 17.5. The number of Topliss-reactive ketones (excluding diaryl/α,β-unsaturated/α-hetero) is 1. The summed E-state index contributed by atoms with van der Waals surface area (Å²) in [5.41, 5.74) is 6.43. The van der Waals surface area contributed by atoms with Crippen LogP contribution in [0.5, 0.6) is 0 Å². The first-order chi connectivity index (χ1) is 10.1. The van der Waals surface area contributed by atoms with Crippen LogP contribution >= 0.6 is 11.3 Å². The second kappa shape index (κ2) is 8.63. The summed E-state index contributed by atoms with van der Waals surface area (Å²) in [6, 6.07) is 0. The van der Waals surface area contributed by atoms with E-state index in [1.165, 1.54) is 11.3 Å². The van der Waals surface area contributed by atoms with Crippen molar-refractivity contribution in [3.63, 3.8) is 0 Å². The maximum Gasteiger partial charge on any atom is 0.343 e. The lowest BCUT2D eigenvalue weighted by Gasteiger charge is -2.07. The molecular weight excluding hydrogens is 292 g/mol. The number of nitrogens with one attached hydrogen (secondary N) is 1. The molecule has 0 radical (unpaired) electrons. The van der Waals surface area contributed by atoms with Gasteiger partial charge in [-0.25, -0.2) is 4.79 Å². The number of nitrogens with two attached hydrogens (primary N) is 1. The van der Waals surface area contributed by atoms with Crippen LogP contribution in [-0.2, 0) is 9.47 Å². The Kier molecular flexibility index (Phi) is 7.18. The fraction of sp³-hybridized carbons (Fsp3) is 0.571. The van der Waals surface area contributed by atoms with E-state index in [0.29, 0.717) is 29.5 Å². The zero-order valence-electron chi connectivity index (χ0n) is 12.7. The second-order valence-corrected chi connectivity index (χ2v) is 5.34. The fourth-order valence-electron chi connectivity index (χ4n) is 1.76. The number of hydrogen-bond donors (Lipinski definition) is 2. The number of esters is 1. The molecule has 0 aromatic carbocycles. The second-order valence-electron chi connectivity index (χ2n) is 4.32. The van der Waals surface area contributed by atoms with Gasteiger partial charge in [0.25, 0.3) is 0 Å². The molecule has 21 heavy (non-hydrogen) atoms. The van der Waals surface area contributed by atoms with Gasteiger partial charge in [0.2, 0.25) is 0 Å². The van der Waals surface area contributed by atoms with E-state index in [1.54, 1.807) is 21.0 Å². The van der Waals surface area contributed by atoms with E-state index in [-0.39, 0.29) is 23.6 Å². The minimum absolute atomic E-state index is 0.0759. The molecule has 7 heteroatoms. The van der Waals surface area contributed by atoms with Gasteiger partial charge in [0.1, 0.15) is 10.6 Å². The minimum atomic E-state index is -0.504. The van der Waals surface area contributed by atoms with E-state index in [9.17, 15) is 9.59 Å². The highest BCUT2D eigenvalue weighted by Gasteiger charge is 2.25. The third kappa shape index (κ3) is 4.44. The molecule has 3 N–H and O–H groups in total. The van der Waals surface area contributed by atoms with Crippen LogP contribution in [0.25, 0.3) is 0 Å². The molecular formula is C14H22N2O4S. The molecule has 0 atom stereocenters. The molecule has 118 valence electrons. The van der Waals surface area contributed by atoms with Crippen molar-refractivity contribution in [2.24, 2.45) is 0 Å². The third-order valence-electron chi connectivity index (χ3n) is 2.81. The summed E-state index contributed by atoms with van der Waals surface area (Å²) in [4.78, 5) is 24.3. The van der Waals surface area contributed by atoms with Crippen molar-refractivity contribution < 1.29 is 19.1 Å². The van der Waals surface area contributed by atoms with Gasteiger partial charge in [-0.2, -0.15) is 0 Å². The molecule has 0 saturated heterocycles. The number of ketones is 1. The predicted octanol–water partition coefficient (Wildman–Crippen LogP) is 2.55. The number of carbonyl (C=O) groups excluding carboxylic acids is 2. The summed E-state index contributed by atoms with van der Waals surface area (Å²) in [6.45, 7) is 4.99. The van der Waals surface area contributed by atoms with E-state index in [2.05, 4.69) is 5.32 Å². The monoisotopic (exact) mass is 314 g/mol. The molecule has 0 spiro atoms. The van der Waals surface area contributed by atoms with Gasteiger partial charge in [-0.15, -0.1) is 11.3 Å². The quantitative estimate of drug-likeness (QED) is 0.413. The zero-order chi connectivity index (χ0) is 15.8. The van der Waals surface area contributed by atoms with Crippen LogP contribution in [0, 0.1) is 0 Å². The topological polar surface area (TPSA) is 90.6 Å². The summed E-state index contributed by atoms with van der Waals surface area (Å²) < 4.78 is 9.99. The van der Waals surface area contributed by atoms with Gasteiger partial charge >= 0.3 is 5.97 Å². The Hall–Kier alpha value is -1.60.